The van der Waals surface area contributed by atoms with Gasteiger partial charge in [-0.05, 0) is 36.4 Å². The van der Waals surface area contributed by atoms with Crippen LogP contribution in [0.5, 0.6) is 11.5 Å². The van der Waals surface area contributed by atoms with Crippen molar-refractivity contribution in [2.75, 3.05) is 23.3 Å². The number of ether oxygens (including phenoxy) is 2. The molecule has 1 fully saturated rings. The van der Waals surface area contributed by atoms with Gasteiger partial charge in [0.15, 0.2) is 11.2 Å². The zero-order chi connectivity index (χ0) is 22.0. The highest BCUT2D eigenvalue weighted by Crippen LogP contribution is 2.32. The molecule has 1 saturated heterocycles. The molecule has 2 heterocycles. The number of halogens is 1. The van der Waals surface area contributed by atoms with E-state index in [0.717, 1.165) is 0 Å². The molecule has 1 N–H and O–H groups in total. The van der Waals surface area contributed by atoms with Gasteiger partial charge in [-0.2, -0.15) is 0 Å². The number of nitrogens with zero attached hydrogens (tertiary/aromatic N) is 2. The van der Waals surface area contributed by atoms with Gasteiger partial charge in [-0.15, -0.1) is 11.3 Å². The summed E-state index contributed by atoms with van der Waals surface area (Å²) in [7, 11) is -2.22. The van der Waals surface area contributed by atoms with Crippen LogP contribution in [0.25, 0.3) is 0 Å². The fraction of sp³-hybridized carbons (Fsp3) is 0.200. The molecule has 1 aromatic heterocycles. The zero-order valence-electron chi connectivity index (χ0n) is 16.3. The molecule has 0 saturated carbocycles. The van der Waals surface area contributed by atoms with Crippen LogP contribution in [0.4, 0.5) is 10.8 Å². The molecule has 0 unspecified atom stereocenters. The summed E-state index contributed by atoms with van der Waals surface area (Å²) in [5, 5.41) is 2.32. The lowest BCUT2D eigenvalue weighted by atomic mass is 10.3. The second kappa shape index (κ2) is 8.74. The Kier molecular flexibility index (Phi) is 6.03. The fourth-order valence-corrected chi connectivity index (χ4v) is 5.13. The summed E-state index contributed by atoms with van der Waals surface area (Å²) in [5.41, 5.74) is 0.588. The number of sulfonamides is 1. The zero-order valence-corrected chi connectivity index (χ0v) is 18.7. The van der Waals surface area contributed by atoms with Crippen molar-refractivity contribution < 1.29 is 25.5 Å². The van der Waals surface area contributed by atoms with E-state index in [1.807, 2.05) is 0 Å². The van der Waals surface area contributed by atoms with Crippen molar-refractivity contribution in [1.82, 2.24) is 4.98 Å². The molecule has 0 bridgehead atoms. The summed E-state index contributed by atoms with van der Waals surface area (Å²) in [6.07, 6.45) is 1.32. The van der Waals surface area contributed by atoms with Crippen LogP contribution in [-0.2, 0) is 14.8 Å². The van der Waals surface area contributed by atoms with E-state index in [1.165, 1.54) is 36.8 Å². The molecular formula is C20H22ClN3O5S2. The molecule has 3 aromatic rings. The third-order valence-corrected chi connectivity index (χ3v) is 7.15. The molecule has 2 aromatic carbocycles. The van der Waals surface area contributed by atoms with E-state index in [2.05, 4.69) is 9.71 Å². The first kappa shape index (κ1) is 21.4. The number of hydrogen-bond donors (Lipinski definition) is 1. The van der Waals surface area contributed by atoms with Gasteiger partial charge in [-0.25, -0.2) is 13.4 Å². The number of thiazole rings is 1. The summed E-state index contributed by atoms with van der Waals surface area (Å²) in [5.74, 6) is 0.775. The standard InChI is InChI=1S/C20H18ClN3O5S2.2H2/c1-28-14-4-7-17(16(21)12-14)29-18-8-10-24(19(18)25)13-2-5-15(6-3-13)31(26,27)23-20-22-9-11-30-20;;/h2-7,9,11-12,18H,8,10H2,1H3,(H,22,23);2*1H/t18-;;/m0../s1. The van der Waals surface area contributed by atoms with E-state index in [4.69, 9.17) is 21.1 Å². The Labute approximate surface area is 191 Å². The average molecular weight is 484 g/mol. The number of carbonyl (C=O) groups is 1. The normalized spacial score (nSPS) is 16.4. The molecule has 1 amide bonds. The minimum absolute atomic E-state index is 0. The molecule has 166 valence electrons. The molecule has 1 aliphatic heterocycles. The molecule has 1 aliphatic rings. The number of aromatic nitrogens is 1. The predicted octanol–water partition coefficient (Wildman–Crippen LogP) is 4.28. The van der Waals surface area contributed by atoms with Crippen molar-refractivity contribution >= 4 is 49.7 Å². The molecule has 0 radical (unpaired) electrons. The van der Waals surface area contributed by atoms with Crippen LogP contribution in [0.2, 0.25) is 5.02 Å². The number of carbonyl (C=O) groups excluding carboxylic acids is 1. The van der Waals surface area contributed by atoms with Gasteiger partial charge in [0.2, 0.25) is 0 Å². The second-order valence-corrected chi connectivity index (χ2v) is 9.60. The maximum absolute atomic E-state index is 12.8. The third-order valence-electron chi connectivity index (χ3n) is 4.68. The van der Waals surface area contributed by atoms with Crippen LogP contribution in [0.15, 0.2) is 58.9 Å². The van der Waals surface area contributed by atoms with Crippen molar-refractivity contribution in [3.8, 4) is 11.5 Å². The van der Waals surface area contributed by atoms with E-state index < -0.39 is 16.1 Å². The monoisotopic (exact) mass is 483 g/mol. The lowest BCUT2D eigenvalue weighted by Gasteiger charge is -2.18. The van der Waals surface area contributed by atoms with Crippen LogP contribution in [-0.4, -0.2) is 39.1 Å². The van der Waals surface area contributed by atoms with E-state index in [1.54, 1.807) is 40.6 Å². The quantitative estimate of drug-likeness (QED) is 0.538. The Morgan fingerprint density at radius 1 is 1.26 bits per heavy atom. The lowest BCUT2D eigenvalue weighted by Crippen LogP contribution is -2.32. The number of nitrogens with one attached hydrogen (secondary N) is 1. The SMILES string of the molecule is COc1ccc(O[C@H]2CCN(c3ccc(S(=O)(=O)Nc4nccs4)cc3)C2=O)c(Cl)c1.[HH].[HH]. The first-order valence-electron chi connectivity index (χ1n) is 9.21. The summed E-state index contributed by atoms with van der Waals surface area (Å²) in [4.78, 5) is 18.4. The van der Waals surface area contributed by atoms with Gasteiger partial charge < -0.3 is 14.4 Å². The van der Waals surface area contributed by atoms with E-state index in [-0.39, 0.29) is 18.8 Å². The molecule has 0 spiro atoms. The summed E-state index contributed by atoms with van der Waals surface area (Å²) >= 11 is 7.39. The Balaban J connectivity index is 0.00000193. The smallest absolute Gasteiger partial charge is 0.268 e. The summed E-state index contributed by atoms with van der Waals surface area (Å²) < 4.78 is 38.3. The first-order valence-corrected chi connectivity index (χ1v) is 12.0. The van der Waals surface area contributed by atoms with Gasteiger partial charge in [0.05, 0.1) is 17.0 Å². The Morgan fingerprint density at radius 3 is 2.68 bits per heavy atom. The van der Waals surface area contributed by atoms with Crippen LogP contribution < -0.4 is 19.1 Å². The minimum atomic E-state index is -3.75. The molecular weight excluding hydrogens is 462 g/mol. The number of methoxy groups -OCH3 is 1. The average Bonchev–Trinajstić information content (AvgIpc) is 3.39. The fourth-order valence-electron chi connectivity index (χ4n) is 3.13. The van der Waals surface area contributed by atoms with Crippen molar-refractivity contribution in [2.24, 2.45) is 0 Å². The third kappa shape index (κ3) is 4.60. The maximum Gasteiger partial charge on any atom is 0.268 e. The molecule has 11 heteroatoms. The Morgan fingerprint density at radius 2 is 2.03 bits per heavy atom. The van der Waals surface area contributed by atoms with Gasteiger partial charge in [0, 0.05) is 39.1 Å². The topological polar surface area (TPSA) is 97.8 Å². The van der Waals surface area contributed by atoms with Gasteiger partial charge >= 0.3 is 0 Å². The number of hydrogen-bond acceptors (Lipinski definition) is 7. The van der Waals surface area contributed by atoms with Crippen molar-refractivity contribution in [3.05, 3.63) is 59.1 Å². The number of benzene rings is 2. The van der Waals surface area contributed by atoms with Crippen molar-refractivity contribution in [1.29, 1.82) is 0 Å². The van der Waals surface area contributed by atoms with E-state index in [0.29, 0.717) is 35.2 Å². The highest BCUT2D eigenvalue weighted by molar-refractivity contribution is 7.93. The molecule has 1 atom stereocenters. The Hall–Kier alpha value is -2.82. The van der Waals surface area contributed by atoms with E-state index in [9.17, 15) is 13.2 Å². The largest absolute Gasteiger partial charge is 0.497 e. The maximum atomic E-state index is 12.8. The van der Waals surface area contributed by atoms with Crippen molar-refractivity contribution in [2.45, 2.75) is 17.4 Å². The predicted molar refractivity (Wildman–Crippen MR) is 123 cm³/mol. The highest BCUT2D eigenvalue weighted by atomic mass is 35.5. The Bertz CT molecular complexity index is 1190. The molecule has 4 rings (SSSR count). The van der Waals surface area contributed by atoms with E-state index >= 15 is 0 Å². The second-order valence-electron chi connectivity index (χ2n) is 6.62. The van der Waals surface area contributed by atoms with Crippen LogP contribution in [0, 0.1) is 0 Å². The first-order chi connectivity index (χ1) is 14.9. The number of rotatable bonds is 7. The van der Waals surface area contributed by atoms with Crippen LogP contribution >= 0.6 is 22.9 Å². The lowest BCUT2D eigenvalue weighted by molar-refractivity contribution is -0.122. The number of anilines is 2. The number of amides is 1. The highest BCUT2D eigenvalue weighted by Gasteiger charge is 2.35. The van der Waals surface area contributed by atoms with Gasteiger partial charge in [-0.1, -0.05) is 11.6 Å². The summed E-state index contributed by atoms with van der Waals surface area (Å²) in [6, 6.07) is 11.1. The van der Waals surface area contributed by atoms with Crippen LogP contribution in [0.3, 0.4) is 0 Å². The molecule has 8 nitrogen and oxygen atoms in total. The minimum Gasteiger partial charge on any atom is -0.497 e. The van der Waals surface area contributed by atoms with Crippen LogP contribution in [0.1, 0.15) is 9.27 Å². The molecule has 0 aliphatic carbocycles. The van der Waals surface area contributed by atoms with Crippen molar-refractivity contribution in [3.63, 3.8) is 0 Å². The van der Waals surface area contributed by atoms with Gasteiger partial charge in [0.1, 0.15) is 11.5 Å². The summed E-state index contributed by atoms with van der Waals surface area (Å²) in [6.45, 7) is 0.445. The van der Waals surface area contributed by atoms with Gasteiger partial charge in [0.25, 0.3) is 15.9 Å². The molecule has 31 heavy (non-hydrogen) atoms. The van der Waals surface area contributed by atoms with Gasteiger partial charge in [-0.3, -0.25) is 9.52 Å².